The first-order chi connectivity index (χ1) is 5.58. The van der Waals surface area contributed by atoms with Gasteiger partial charge in [-0.3, -0.25) is 4.98 Å². The van der Waals surface area contributed by atoms with Gasteiger partial charge in [-0.15, -0.1) is 0 Å². The number of hydrogen-bond donors (Lipinski definition) is 1. The molecule has 0 aliphatic rings. The maximum Gasteiger partial charge on any atom is 0.457 e. The van der Waals surface area contributed by atoms with E-state index < -0.39 is 6.30 Å². The molecule has 2 nitrogen and oxygen atoms in total. The van der Waals surface area contributed by atoms with Crippen LogP contribution in [-0.4, -0.2) is 11.3 Å². The van der Waals surface area contributed by atoms with E-state index in [0.29, 0.717) is 5.56 Å². The predicted octanol–water partition coefficient (Wildman–Crippen LogP) is 1.69. The van der Waals surface area contributed by atoms with E-state index in [1.807, 2.05) is 0 Å². The highest BCUT2D eigenvalue weighted by Crippen LogP contribution is 2.10. The minimum absolute atomic E-state index is 0.239. The highest BCUT2D eigenvalue weighted by molar-refractivity contribution is 5.07. The average molecular weight is 176 g/mol. The molecule has 1 heterocycles. The molecule has 0 fully saturated rings. The molecule has 0 atom stereocenters. The van der Waals surface area contributed by atoms with Crippen LogP contribution in [0.25, 0.3) is 0 Å². The van der Waals surface area contributed by atoms with Crippen molar-refractivity contribution >= 4 is 0 Å². The Morgan fingerprint density at radius 1 is 1.42 bits per heavy atom. The molecule has 0 saturated carbocycles. The van der Waals surface area contributed by atoms with Gasteiger partial charge in [-0.1, -0.05) is 6.07 Å². The summed E-state index contributed by atoms with van der Waals surface area (Å²) < 4.78 is 34.8. The van der Waals surface area contributed by atoms with Crippen molar-refractivity contribution in [2.75, 3.05) is 0 Å². The zero-order valence-corrected chi connectivity index (χ0v) is 6.10. The summed E-state index contributed by atoms with van der Waals surface area (Å²) in [5.74, 6) is 0. The van der Waals surface area contributed by atoms with E-state index in [-0.39, 0.29) is 6.54 Å². The summed E-state index contributed by atoms with van der Waals surface area (Å²) in [6.07, 6.45) is -1.42. The van der Waals surface area contributed by atoms with E-state index in [4.69, 9.17) is 0 Å². The van der Waals surface area contributed by atoms with Gasteiger partial charge in [0.25, 0.3) is 0 Å². The Balaban J connectivity index is 2.44. The minimum atomic E-state index is -4.32. The largest absolute Gasteiger partial charge is 0.457 e. The molecular formula is C7H7F3N2. The Bertz CT molecular complexity index is 232. The van der Waals surface area contributed by atoms with Crippen molar-refractivity contribution in [3.8, 4) is 0 Å². The van der Waals surface area contributed by atoms with Gasteiger partial charge in [0.05, 0.1) is 0 Å². The third-order valence-electron chi connectivity index (χ3n) is 1.22. The van der Waals surface area contributed by atoms with Gasteiger partial charge in [-0.2, -0.15) is 13.2 Å². The maximum absolute atomic E-state index is 11.6. The molecular weight excluding hydrogens is 169 g/mol. The van der Waals surface area contributed by atoms with E-state index >= 15 is 0 Å². The van der Waals surface area contributed by atoms with Crippen LogP contribution in [0.3, 0.4) is 0 Å². The summed E-state index contributed by atoms with van der Waals surface area (Å²) in [5, 5.41) is 1.40. The molecule has 0 spiro atoms. The van der Waals surface area contributed by atoms with Crippen molar-refractivity contribution in [2.45, 2.75) is 12.8 Å². The lowest BCUT2D eigenvalue weighted by Gasteiger charge is -2.07. The van der Waals surface area contributed by atoms with Crippen molar-refractivity contribution in [3.63, 3.8) is 0 Å². The Labute approximate surface area is 67.4 Å². The molecule has 1 rings (SSSR count). The molecule has 0 amide bonds. The number of nitrogens with one attached hydrogen (secondary N) is 1. The fourth-order valence-electron chi connectivity index (χ4n) is 0.705. The first-order valence-corrected chi connectivity index (χ1v) is 3.28. The maximum atomic E-state index is 11.6. The standard InChI is InChI=1S/C7H7F3N2/c8-7(9,10)12-5-6-2-1-3-11-4-6/h1-4,12H,5H2. The second-order valence-corrected chi connectivity index (χ2v) is 2.21. The molecule has 0 aromatic carbocycles. The Kier molecular flexibility index (Phi) is 2.65. The number of aromatic nitrogens is 1. The van der Waals surface area contributed by atoms with Crippen LogP contribution in [-0.2, 0) is 6.54 Å². The molecule has 66 valence electrons. The van der Waals surface area contributed by atoms with Gasteiger partial charge in [0, 0.05) is 18.9 Å². The highest BCUT2D eigenvalue weighted by Gasteiger charge is 2.25. The number of halogens is 3. The molecule has 0 aliphatic carbocycles. The number of alkyl halides is 3. The summed E-state index contributed by atoms with van der Waals surface area (Å²) in [4.78, 5) is 3.68. The minimum Gasteiger partial charge on any atom is -0.264 e. The van der Waals surface area contributed by atoms with E-state index in [0.717, 1.165) is 0 Å². The molecule has 12 heavy (non-hydrogen) atoms. The molecule has 0 radical (unpaired) electrons. The molecule has 0 saturated heterocycles. The van der Waals surface area contributed by atoms with Gasteiger partial charge < -0.3 is 0 Å². The summed E-state index contributed by atoms with van der Waals surface area (Å²) >= 11 is 0. The Morgan fingerprint density at radius 2 is 2.17 bits per heavy atom. The molecule has 1 aromatic rings. The van der Waals surface area contributed by atoms with Crippen LogP contribution in [0, 0.1) is 0 Å². The van der Waals surface area contributed by atoms with Crippen molar-refractivity contribution in [2.24, 2.45) is 0 Å². The van der Waals surface area contributed by atoms with Gasteiger partial charge in [-0.25, -0.2) is 5.32 Å². The zero-order chi connectivity index (χ0) is 9.03. The third-order valence-corrected chi connectivity index (χ3v) is 1.22. The molecule has 5 heteroatoms. The van der Waals surface area contributed by atoms with Crippen LogP contribution in [0.1, 0.15) is 5.56 Å². The number of nitrogens with zero attached hydrogens (tertiary/aromatic N) is 1. The topological polar surface area (TPSA) is 24.9 Å². The fraction of sp³-hybridized carbons (Fsp3) is 0.286. The first kappa shape index (κ1) is 8.99. The molecule has 0 unspecified atom stereocenters. The number of hydrogen-bond acceptors (Lipinski definition) is 2. The Morgan fingerprint density at radius 3 is 2.67 bits per heavy atom. The SMILES string of the molecule is FC(F)(F)NCc1cccnc1. The second-order valence-electron chi connectivity index (χ2n) is 2.21. The molecule has 0 bridgehead atoms. The third kappa shape index (κ3) is 3.34. The second kappa shape index (κ2) is 3.53. The smallest absolute Gasteiger partial charge is 0.264 e. The van der Waals surface area contributed by atoms with Crippen molar-refractivity contribution in [3.05, 3.63) is 30.1 Å². The van der Waals surface area contributed by atoms with Gasteiger partial charge in [0.15, 0.2) is 0 Å². The number of pyridine rings is 1. The van der Waals surface area contributed by atoms with Crippen molar-refractivity contribution in [1.82, 2.24) is 10.3 Å². The normalized spacial score (nSPS) is 11.6. The van der Waals surface area contributed by atoms with Gasteiger partial charge >= 0.3 is 6.30 Å². The van der Waals surface area contributed by atoms with Crippen LogP contribution in [0.5, 0.6) is 0 Å². The van der Waals surface area contributed by atoms with Crippen LogP contribution < -0.4 is 5.32 Å². The zero-order valence-electron chi connectivity index (χ0n) is 6.10. The first-order valence-electron chi connectivity index (χ1n) is 3.28. The fourth-order valence-corrected chi connectivity index (χ4v) is 0.705. The lowest BCUT2D eigenvalue weighted by Crippen LogP contribution is -2.30. The van der Waals surface area contributed by atoms with Gasteiger partial charge in [-0.05, 0) is 11.6 Å². The quantitative estimate of drug-likeness (QED) is 0.693. The van der Waals surface area contributed by atoms with E-state index in [2.05, 4.69) is 4.98 Å². The van der Waals surface area contributed by atoms with Crippen LogP contribution >= 0.6 is 0 Å². The summed E-state index contributed by atoms with van der Waals surface area (Å²) in [6, 6.07) is 3.17. The van der Waals surface area contributed by atoms with Gasteiger partial charge in [0.2, 0.25) is 0 Å². The molecule has 1 aromatic heterocycles. The van der Waals surface area contributed by atoms with Crippen molar-refractivity contribution < 1.29 is 13.2 Å². The van der Waals surface area contributed by atoms with E-state index in [9.17, 15) is 13.2 Å². The van der Waals surface area contributed by atoms with E-state index in [1.165, 1.54) is 17.7 Å². The summed E-state index contributed by atoms with van der Waals surface area (Å²) in [6.45, 7) is -0.239. The lowest BCUT2D eigenvalue weighted by molar-refractivity contribution is -0.158. The lowest BCUT2D eigenvalue weighted by atomic mass is 10.3. The van der Waals surface area contributed by atoms with Gasteiger partial charge in [0.1, 0.15) is 0 Å². The monoisotopic (exact) mass is 176 g/mol. The van der Waals surface area contributed by atoms with Crippen LogP contribution in [0.4, 0.5) is 13.2 Å². The molecule has 1 N–H and O–H groups in total. The highest BCUT2D eigenvalue weighted by atomic mass is 19.4. The Hall–Kier alpha value is -1.10. The van der Waals surface area contributed by atoms with Crippen molar-refractivity contribution in [1.29, 1.82) is 0 Å². The van der Waals surface area contributed by atoms with Crippen LogP contribution in [0.2, 0.25) is 0 Å². The average Bonchev–Trinajstić information content (AvgIpc) is 2.02. The van der Waals surface area contributed by atoms with Crippen LogP contribution in [0.15, 0.2) is 24.5 Å². The number of rotatable bonds is 2. The summed E-state index contributed by atoms with van der Waals surface area (Å²) in [7, 11) is 0. The predicted molar refractivity (Wildman–Crippen MR) is 37.1 cm³/mol. The molecule has 0 aliphatic heterocycles. The van der Waals surface area contributed by atoms with E-state index in [1.54, 1.807) is 12.1 Å². The summed E-state index contributed by atoms with van der Waals surface area (Å²) in [5.41, 5.74) is 0.509.